The van der Waals surface area contributed by atoms with Crippen LogP contribution >= 0.6 is 11.3 Å². The van der Waals surface area contributed by atoms with Crippen molar-refractivity contribution in [1.29, 1.82) is 0 Å². The first-order valence-electron chi connectivity index (χ1n) is 9.48. The van der Waals surface area contributed by atoms with Crippen LogP contribution in [0.25, 0.3) is 11.3 Å². The molecule has 0 bridgehead atoms. The fourth-order valence-electron chi connectivity index (χ4n) is 3.80. The van der Waals surface area contributed by atoms with E-state index >= 15 is 0 Å². The maximum atomic E-state index is 6.09. The number of thiazole rings is 1. The molecule has 0 unspecified atom stereocenters. The van der Waals surface area contributed by atoms with Gasteiger partial charge >= 0.3 is 0 Å². The minimum Gasteiger partial charge on any atom is -0.493 e. The molecule has 5 heteroatoms. The highest BCUT2D eigenvalue weighted by Crippen LogP contribution is 2.45. The summed E-state index contributed by atoms with van der Waals surface area (Å²) >= 11 is 1.67. The monoisotopic (exact) mass is 394 g/mol. The van der Waals surface area contributed by atoms with Crippen LogP contribution in [0.15, 0.2) is 30.3 Å². The van der Waals surface area contributed by atoms with Crippen molar-refractivity contribution in [1.82, 2.24) is 4.98 Å². The normalized spacial score (nSPS) is 14.5. The first-order valence-corrected chi connectivity index (χ1v) is 10.3. The highest BCUT2D eigenvalue weighted by molar-refractivity contribution is 7.16. The summed E-state index contributed by atoms with van der Waals surface area (Å²) in [6.45, 7) is 10.6. The van der Waals surface area contributed by atoms with Crippen LogP contribution in [0, 0.1) is 20.8 Å². The second kappa shape index (κ2) is 6.82. The van der Waals surface area contributed by atoms with Gasteiger partial charge in [-0.2, -0.15) is 0 Å². The number of anilines is 2. The van der Waals surface area contributed by atoms with Crippen molar-refractivity contribution in [2.75, 3.05) is 12.4 Å². The highest BCUT2D eigenvalue weighted by atomic mass is 32.1. The lowest BCUT2D eigenvalue weighted by Gasteiger charge is -2.17. The van der Waals surface area contributed by atoms with E-state index in [4.69, 9.17) is 14.5 Å². The summed E-state index contributed by atoms with van der Waals surface area (Å²) in [4.78, 5) is 6.08. The highest BCUT2D eigenvalue weighted by Gasteiger charge is 2.33. The van der Waals surface area contributed by atoms with Crippen molar-refractivity contribution in [3.8, 4) is 22.8 Å². The number of nitrogens with zero attached hydrogens (tertiary/aromatic N) is 1. The maximum absolute atomic E-state index is 6.09. The molecule has 2 heterocycles. The molecule has 4 rings (SSSR count). The van der Waals surface area contributed by atoms with Crippen LogP contribution in [0.5, 0.6) is 11.5 Å². The van der Waals surface area contributed by atoms with E-state index in [1.807, 2.05) is 6.07 Å². The van der Waals surface area contributed by atoms with Gasteiger partial charge in [-0.1, -0.05) is 18.2 Å². The first-order chi connectivity index (χ1) is 13.3. The largest absolute Gasteiger partial charge is 0.493 e. The minimum atomic E-state index is -0.208. The first kappa shape index (κ1) is 18.8. The Morgan fingerprint density at radius 2 is 1.86 bits per heavy atom. The van der Waals surface area contributed by atoms with Gasteiger partial charge in [-0.05, 0) is 57.9 Å². The molecule has 0 radical (unpaired) electrons. The van der Waals surface area contributed by atoms with Crippen molar-refractivity contribution < 1.29 is 9.47 Å². The Bertz CT molecular complexity index is 1030. The number of ether oxygens (including phenoxy) is 2. The van der Waals surface area contributed by atoms with E-state index < -0.39 is 0 Å². The number of hydrogen-bond donors (Lipinski definition) is 1. The standard InChI is InChI=1S/C23H26N2O2S/c1-13-8-7-9-14(2)19(13)24-22-25-20(15(3)28-22)16-10-17-12-23(4,5)27-21(17)18(11-16)26-6/h7-11H,12H2,1-6H3,(H,24,25). The van der Waals surface area contributed by atoms with Crippen LogP contribution in [-0.4, -0.2) is 17.7 Å². The zero-order valence-electron chi connectivity index (χ0n) is 17.3. The van der Waals surface area contributed by atoms with Crippen molar-refractivity contribution in [3.05, 3.63) is 51.9 Å². The van der Waals surface area contributed by atoms with E-state index in [1.165, 1.54) is 21.6 Å². The Balaban J connectivity index is 1.72. The SMILES string of the molecule is COc1cc(-c2nc(Nc3c(C)cccc3C)sc2C)cc2c1OC(C)(C)C2. The second-order valence-corrected chi connectivity index (χ2v) is 9.22. The topological polar surface area (TPSA) is 43.4 Å². The molecule has 0 saturated heterocycles. The van der Waals surface area contributed by atoms with Gasteiger partial charge in [0, 0.05) is 28.1 Å². The number of methoxy groups -OCH3 is 1. The molecule has 28 heavy (non-hydrogen) atoms. The molecule has 1 aromatic heterocycles. The Hall–Kier alpha value is -2.53. The second-order valence-electron chi connectivity index (χ2n) is 8.02. The number of para-hydroxylation sites is 1. The zero-order chi connectivity index (χ0) is 20.1. The summed E-state index contributed by atoms with van der Waals surface area (Å²) in [6.07, 6.45) is 0.864. The van der Waals surface area contributed by atoms with Gasteiger partial charge in [0.25, 0.3) is 0 Å². The lowest BCUT2D eigenvalue weighted by Crippen LogP contribution is -2.24. The summed E-state index contributed by atoms with van der Waals surface area (Å²) in [5, 5.41) is 4.42. The Labute approximate surface area is 170 Å². The molecular formula is C23H26N2O2S. The van der Waals surface area contributed by atoms with Crippen LogP contribution < -0.4 is 14.8 Å². The molecule has 1 N–H and O–H groups in total. The van der Waals surface area contributed by atoms with Crippen LogP contribution in [0.4, 0.5) is 10.8 Å². The smallest absolute Gasteiger partial charge is 0.187 e. The zero-order valence-corrected chi connectivity index (χ0v) is 18.1. The Morgan fingerprint density at radius 1 is 1.14 bits per heavy atom. The molecule has 0 spiro atoms. The number of aromatic nitrogens is 1. The van der Waals surface area contributed by atoms with Gasteiger partial charge < -0.3 is 14.8 Å². The number of aryl methyl sites for hydroxylation is 3. The third-order valence-electron chi connectivity index (χ3n) is 5.13. The molecule has 0 amide bonds. The molecule has 4 nitrogen and oxygen atoms in total. The van der Waals surface area contributed by atoms with E-state index in [9.17, 15) is 0 Å². The maximum Gasteiger partial charge on any atom is 0.187 e. The molecule has 1 aliphatic rings. The Morgan fingerprint density at radius 3 is 2.54 bits per heavy atom. The predicted octanol–water partition coefficient (Wildman–Crippen LogP) is 6.20. The molecule has 0 saturated carbocycles. The van der Waals surface area contributed by atoms with Gasteiger partial charge in [0.2, 0.25) is 0 Å². The number of nitrogens with one attached hydrogen (secondary N) is 1. The number of fused-ring (bicyclic) bond motifs is 1. The van der Waals surface area contributed by atoms with Crippen molar-refractivity contribution in [2.45, 2.75) is 46.6 Å². The molecule has 0 atom stereocenters. The van der Waals surface area contributed by atoms with E-state index in [-0.39, 0.29) is 5.60 Å². The van der Waals surface area contributed by atoms with E-state index in [0.29, 0.717) is 0 Å². The molecule has 146 valence electrons. The third kappa shape index (κ3) is 3.35. The number of benzene rings is 2. The molecule has 2 aromatic carbocycles. The van der Waals surface area contributed by atoms with E-state index in [0.717, 1.165) is 40.0 Å². The summed E-state index contributed by atoms with van der Waals surface area (Å²) in [6, 6.07) is 10.5. The van der Waals surface area contributed by atoms with E-state index in [2.05, 4.69) is 64.2 Å². The van der Waals surface area contributed by atoms with Crippen LogP contribution in [0.3, 0.4) is 0 Å². The van der Waals surface area contributed by atoms with Crippen molar-refractivity contribution >= 4 is 22.2 Å². The predicted molar refractivity (Wildman–Crippen MR) is 116 cm³/mol. The lowest BCUT2D eigenvalue weighted by atomic mass is 9.99. The van der Waals surface area contributed by atoms with Gasteiger partial charge in [0.15, 0.2) is 16.6 Å². The van der Waals surface area contributed by atoms with Crippen molar-refractivity contribution in [3.63, 3.8) is 0 Å². The average Bonchev–Trinajstić information content (AvgIpc) is 3.15. The summed E-state index contributed by atoms with van der Waals surface area (Å²) in [7, 11) is 1.69. The summed E-state index contributed by atoms with van der Waals surface area (Å²) in [5.41, 5.74) is 6.59. The molecule has 0 fully saturated rings. The van der Waals surface area contributed by atoms with Gasteiger partial charge in [-0.25, -0.2) is 4.98 Å². The molecular weight excluding hydrogens is 368 g/mol. The average molecular weight is 395 g/mol. The van der Waals surface area contributed by atoms with Gasteiger partial charge in [0.05, 0.1) is 12.8 Å². The summed E-state index contributed by atoms with van der Waals surface area (Å²) < 4.78 is 11.7. The van der Waals surface area contributed by atoms with E-state index in [1.54, 1.807) is 18.4 Å². The fraction of sp³-hybridized carbons (Fsp3) is 0.348. The van der Waals surface area contributed by atoms with Crippen LogP contribution in [-0.2, 0) is 6.42 Å². The van der Waals surface area contributed by atoms with Crippen LogP contribution in [0.2, 0.25) is 0 Å². The lowest BCUT2D eigenvalue weighted by molar-refractivity contribution is 0.134. The van der Waals surface area contributed by atoms with Gasteiger partial charge in [-0.3, -0.25) is 0 Å². The van der Waals surface area contributed by atoms with Crippen LogP contribution in [0.1, 0.15) is 35.4 Å². The quantitative estimate of drug-likeness (QED) is 0.572. The third-order valence-corrected chi connectivity index (χ3v) is 6.02. The van der Waals surface area contributed by atoms with Gasteiger partial charge in [0.1, 0.15) is 5.60 Å². The number of rotatable bonds is 4. The molecule has 3 aromatic rings. The minimum absolute atomic E-state index is 0.208. The fourth-order valence-corrected chi connectivity index (χ4v) is 4.64. The molecule has 1 aliphatic heterocycles. The molecule has 0 aliphatic carbocycles. The van der Waals surface area contributed by atoms with Crippen molar-refractivity contribution in [2.24, 2.45) is 0 Å². The Kier molecular flexibility index (Phi) is 4.58. The number of hydrogen-bond acceptors (Lipinski definition) is 5. The summed E-state index contributed by atoms with van der Waals surface area (Å²) in [5.74, 6) is 1.63. The van der Waals surface area contributed by atoms with Gasteiger partial charge in [-0.15, -0.1) is 11.3 Å².